The molecule has 0 unspecified atom stereocenters. The van der Waals surface area contributed by atoms with Crippen LogP contribution >= 0.6 is 0 Å². The molecule has 0 saturated carbocycles. The van der Waals surface area contributed by atoms with E-state index in [-0.39, 0.29) is 0 Å². The summed E-state index contributed by atoms with van der Waals surface area (Å²) in [7, 11) is 0. The summed E-state index contributed by atoms with van der Waals surface area (Å²) in [6, 6.07) is 32.3. The Bertz CT molecular complexity index is 2220. The molecule has 3 heterocycles. The van der Waals surface area contributed by atoms with Crippen LogP contribution in [0, 0.1) is 0 Å². The molecular formula is C38H24N2O. The molecule has 3 nitrogen and oxygen atoms in total. The number of hydrogen-bond acceptors (Lipinski definition) is 2. The highest BCUT2D eigenvalue weighted by atomic mass is 16.3. The Hall–Kier alpha value is -5.50. The number of fused-ring (bicyclic) bond motifs is 8. The summed E-state index contributed by atoms with van der Waals surface area (Å²) in [5.74, 6) is 0.886. The van der Waals surface area contributed by atoms with Crippen LogP contribution in [0.15, 0.2) is 137 Å². The number of nitrogens with zero attached hydrogens (tertiary/aromatic N) is 2. The number of hydrogen-bond donors (Lipinski definition) is 0. The monoisotopic (exact) mass is 524 g/mol. The lowest BCUT2D eigenvalue weighted by Gasteiger charge is -2.29. The first kappa shape index (κ1) is 22.3. The van der Waals surface area contributed by atoms with Crippen molar-refractivity contribution in [2.75, 3.05) is 4.90 Å². The van der Waals surface area contributed by atoms with Crippen molar-refractivity contribution < 1.29 is 4.42 Å². The standard InChI is InChI=1S/C38H24N2O/c1-2-12-26-23-25(11-1)28-14-3-6-18-33(28)40(26)36-21-10-17-31-32-24-27(13-9-22-37(32)41-38(31)36)39-34-19-7-4-15-29(34)30-16-5-8-20-35(30)39/h1-12,14-22,24H,13H2. The van der Waals surface area contributed by atoms with Gasteiger partial charge in [-0.05, 0) is 48.6 Å². The van der Waals surface area contributed by atoms with E-state index in [2.05, 4.69) is 149 Å². The number of anilines is 2. The molecule has 0 radical (unpaired) electrons. The van der Waals surface area contributed by atoms with Gasteiger partial charge >= 0.3 is 0 Å². The molecule has 3 heteroatoms. The summed E-state index contributed by atoms with van der Waals surface area (Å²) in [5.41, 5.74) is 14.7. The first-order valence-electron chi connectivity index (χ1n) is 14.0. The molecule has 0 N–H and O–H groups in total. The molecule has 0 atom stereocenters. The van der Waals surface area contributed by atoms with Crippen LogP contribution in [0.5, 0.6) is 0 Å². The van der Waals surface area contributed by atoms with Crippen LogP contribution < -0.4 is 4.90 Å². The molecule has 1 aliphatic heterocycles. The highest BCUT2D eigenvalue weighted by Gasteiger charge is 2.26. The zero-order valence-electron chi connectivity index (χ0n) is 22.2. The Labute approximate surface area is 237 Å². The lowest BCUT2D eigenvalue weighted by molar-refractivity contribution is 0.603. The summed E-state index contributed by atoms with van der Waals surface area (Å²) in [4.78, 5) is 2.27. The largest absolute Gasteiger partial charge is 0.454 e. The molecule has 9 rings (SSSR count). The fraction of sp³-hybridized carbons (Fsp3) is 0.0263. The number of allylic oxidation sites excluding steroid dienone is 6. The van der Waals surface area contributed by atoms with Crippen molar-refractivity contribution in [1.82, 2.24) is 4.57 Å². The Morgan fingerprint density at radius 2 is 1.37 bits per heavy atom. The van der Waals surface area contributed by atoms with Crippen LogP contribution in [-0.4, -0.2) is 4.57 Å². The predicted octanol–water partition coefficient (Wildman–Crippen LogP) is 10.1. The van der Waals surface area contributed by atoms with E-state index in [4.69, 9.17) is 4.42 Å². The third-order valence-corrected chi connectivity index (χ3v) is 8.34. The van der Waals surface area contributed by atoms with E-state index < -0.39 is 0 Å². The van der Waals surface area contributed by atoms with E-state index in [0.717, 1.165) is 56.9 Å². The van der Waals surface area contributed by atoms with Gasteiger partial charge in [0.2, 0.25) is 0 Å². The first-order valence-corrected chi connectivity index (χ1v) is 14.0. The van der Waals surface area contributed by atoms with Gasteiger partial charge in [0, 0.05) is 45.0 Å². The first-order chi connectivity index (χ1) is 20.3. The molecule has 3 aliphatic rings. The van der Waals surface area contributed by atoms with Gasteiger partial charge in [-0.15, -0.1) is 0 Å². The molecule has 0 spiro atoms. The fourth-order valence-corrected chi connectivity index (χ4v) is 6.58. The van der Waals surface area contributed by atoms with E-state index in [0.29, 0.717) is 0 Å². The maximum absolute atomic E-state index is 6.71. The van der Waals surface area contributed by atoms with Crippen LogP contribution in [0.2, 0.25) is 0 Å². The molecule has 4 aromatic carbocycles. The zero-order chi connectivity index (χ0) is 26.9. The van der Waals surface area contributed by atoms with Gasteiger partial charge < -0.3 is 8.98 Å². The molecule has 2 aromatic heterocycles. The van der Waals surface area contributed by atoms with Crippen LogP contribution in [0.3, 0.4) is 0 Å². The van der Waals surface area contributed by atoms with Gasteiger partial charge in [0.1, 0.15) is 5.76 Å². The number of rotatable bonds is 2. The Balaban J connectivity index is 1.28. The van der Waals surface area contributed by atoms with Gasteiger partial charge in [-0.25, -0.2) is 0 Å². The highest BCUT2D eigenvalue weighted by molar-refractivity contribution is 6.11. The van der Waals surface area contributed by atoms with Crippen molar-refractivity contribution in [1.29, 1.82) is 0 Å². The van der Waals surface area contributed by atoms with Crippen LogP contribution in [0.1, 0.15) is 23.3 Å². The van der Waals surface area contributed by atoms with Crippen molar-refractivity contribution in [3.8, 4) is 0 Å². The molecule has 2 aliphatic carbocycles. The zero-order valence-corrected chi connectivity index (χ0v) is 22.2. The smallest absolute Gasteiger partial charge is 0.159 e. The van der Waals surface area contributed by atoms with Gasteiger partial charge in [0.25, 0.3) is 0 Å². The molecular weight excluding hydrogens is 500 g/mol. The van der Waals surface area contributed by atoms with E-state index in [1.54, 1.807) is 0 Å². The second-order valence-corrected chi connectivity index (χ2v) is 10.6. The molecule has 2 bridgehead atoms. The second-order valence-electron chi connectivity index (χ2n) is 10.6. The van der Waals surface area contributed by atoms with Gasteiger partial charge in [-0.2, -0.15) is 0 Å². The molecule has 0 saturated heterocycles. The van der Waals surface area contributed by atoms with E-state index in [9.17, 15) is 0 Å². The number of para-hydroxylation sites is 4. The van der Waals surface area contributed by atoms with Crippen molar-refractivity contribution in [3.63, 3.8) is 0 Å². The Morgan fingerprint density at radius 1 is 0.659 bits per heavy atom. The minimum absolute atomic E-state index is 0.811. The van der Waals surface area contributed by atoms with Crippen LogP contribution in [0.25, 0.3) is 56.2 Å². The number of benzene rings is 4. The predicted molar refractivity (Wildman–Crippen MR) is 171 cm³/mol. The average Bonchev–Trinajstić information content (AvgIpc) is 3.34. The summed E-state index contributed by atoms with van der Waals surface area (Å²) in [6.45, 7) is 0. The Kier molecular flexibility index (Phi) is 4.63. The number of furan rings is 1. The van der Waals surface area contributed by atoms with Crippen molar-refractivity contribution in [2.45, 2.75) is 6.42 Å². The molecule has 192 valence electrons. The fourth-order valence-electron chi connectivity index (χ4n) is 6.58. The van der Waals surface area contributed by atoms with Crippen LogP contribution in [0.4, 0.5) is 11.4 Å². The molecule has 41 heavy (non-hydrogen) atoms. The summed E-state index contributed by atoms with van der Waals surface area (Å²) < 4.78 is 9.12. The lowest BCUT2D eigenvalue weighted by Crippen LogP contribution is -2.18. The van der Waals surface area contributed by atoms with Gasteiger partial charge in [-0.3, -0.25) is 4.90 Å². The minimum atomic E-state index is 0.811. The maximum atomic E-state index is 6.71. The van der Waals surface area contributed by atoms with Crippen molar-refractivity contribution in [3.05, 3.63) is 150 Å². The minimum Gasteiger partial charge on any atom is -0.454 e. The van der Waals surface area contributed by atoms with Crippen molar-refractivity contribution >= 4 is 67.6 Å². The van der Waals surface area contributed by atoms with Gasteiger partial charge in [0.05, 0.1) is 28.1 Å². The SMILES string of the molecule is C1=C2C=CC=CC=1N(c1cccc3c4c(oc13)C=CCC(n1c3ccccc3c3ccccc31)=C4)c1ccccc12. The topological polar surface area (TPSA) is 21.3 Å². The van der Waals surface area contributed by atoms with E-state index in [1.807, 2.05) is 0 Å². The molecule has 0 amide bonds. The third kappa shape index (κ3) is 3.21. The van der Waals surface area contributed by atoms with Crippen molar-refractivity contribution in [2.24, 2.45) is 0 Å². The van der Waals surface area contributed by atoms with E-state index in [1.165, 1.54) is 27.5 Å². The van der Waals surface area contributed by atoms with Crippen LogP contribution in [-0.2, 0) is 0 Å². The summed E-state index contributed by atoms with van der Waals surface area (Å²) >= 11 is 0. The maximum Gasteiger partial charge on any atom is 0.159 e. The summed E-state index contributed by atoms with van der Waals surface area (Å²) in [5, 5.41) is 3.64. The number of aromatic nitrogens is 1. The molecule has 0 fully saturated rings. The normalized spacial score (nSPS) is 15.4. The lowest BCUT2D eigenvalue weighted by atomic mass is 9.99. The third-order valence-electron chi connectivity index (χ3n) is 8.34. The van der Waals surface area contributed by atoms with Gasteiger partial charge in [0.15, 0.2) is 5.58 Å². The summed E-state index contributed by atoms with van der Waals surface area (Å²) in [6.07, 6.45) is 15.9. The molecule has 6 aromatic rings. The van der Waals surface area contributed by atoms with E-state index >= 15 is 0 Å². The highest BCUT2D eigenvalue weighted by Crippen LogP contribution is 2.45. The quantitative estimate of drug-likeness (QED) is 0.210. The van der Waals surface area contributed by atoms with Gasteiger partial charge in [-0.1, -0.05) is 90.7 Å². The Morgan fingerprint density at radius 3 is 2.22 bits per heavy atom. The average molecular weight is 525 g/mol. The second kappa shape index (κ2) is 8.50.